The van der Waals surface area contributed by atoms with Gasteiger partial charge in [-0.15, -0.1) is 0 Å². The Kier molecular flexibility index (Phi) is 7.26. The lowest BCUT2D eigenvalue weighted by Gasteiger charge is -2.39. The second kappa shape index (κ2) is 10.9. The zero-order chi connectivity index (χ0) is 26.6. The third-order valence-corrected chi connectivity index (χ3v) is 6.59. The molecule has 4 aromatic rings. The van der Waals surface area contributed by atoms with Crippen molar-refractivity contribution in [2.75, 3.05) is 11.9 Å². The summed E-state index contributed by atoms with van der Waals surface area (Å²) in [6.07, 6.45) is 0.706. The van der Waals surface area contributed by atoms with Crippen molar-refractivity contribution < 1.29 is 23.1 Å². The molecule has 0 unspecified atom stereocenters. The number of amides is 2. The molecular weight excluding hydrogens is 483 g/mol. The number of benzene rings is 3. The molecule has 3 aromatic carbocycles. The van der Waals surface area contributed by atoms with Gasteiger partial charge in [0.25, 0.3) is 5.91 Å². The Labute approximate surface area is 221 Å². The summed E-state index contributed by atoms with van der Waals surface area (Å²) < 4.78 is 25.9. The highest BCUT2D eigenvalue weighted by molar-refractivity contribution is 6.02. The van der Waals surface area contributed by atoms with Gasteiger partial charge in [0.2, 0.25) is 5.91 Å². The van der Waals surface area contributed by atoms with E-state index in [9.17, 15) is 14.0 Å². The smallest absolute Gasteiger partial charge is 0.291 e. The zero-order valence-corrected chi connectivity index (χ0v) is 21.3. The Morgan fingerprint density at radius 3 is 2.61 bits per heavy atom. The van der Waals surface area contributed by atoms with Crippen molar-refractivity contribution in [3.8, 4) is 5.75 Å². The number of rotatable bonds is 7. The van der Waals surface area contributed by atoms with Gasteiger partial charge in [0.1, 0.15) is 23.9 Å². The van der Waals surface area contributed by atoms with E-state index in [1.807, 2.05) is 61.2 Å². The quantitative estimate of drug-likeness (QED) is 0.312. The molecule has 194 valence electrons. The minimum atomic E-state index is -0.412. The first-order valence-corrected chi connectivity index (χ1v) is 12.7. The van der Waals surface area contributed by atoms with Crippen LogP contribution < -0.4 is 10.1 Å². The first-order valence-electron chi connectivity index (χ1n) is 12.7. The fraction of sp³-hybridized carbons (Fsp3) is 0.226. The lowest BCUT2D eigenvalue weighted by atomic mass is 9.87. The molecule has 1 N–H and O–H groups in total. The molecule has 0 spiro atoms. The van der Waals surface area contributed by atoms with E-state index in [1.54, 1.807) is 30.3 Å². The molecule has 0 radical (unpaired) electrons. The minimum absolute atomic E-state index is 0.0214. The summed E-state index contributed by atoms with van der Waals surface area (Å²) in [5.74, 6) is 0.433. The molecule has 7 heteroatoms. The number of halogens is 1. The van der Waals surface area contributed by atoms with Crippen LogP contribution in [0.15, 0.2) is 89.3 Å². The lowest BCUT2D eigenvalue weighted by Crippen LogP contribution is -2.42. The summed E-state index contributed by atoms with van der Waals surface area (Å²) >= 11 is 0. The van der Waals surface area contributed by atoms with Gasteiger partial charge >= 0.3 is 0 Å². The van der Waals surface area contributed by atoms with E-state index >= 15 is 0 Å². The van der Waals surface area contributed by atoms with Gasteiger partial charge in [-0.25, -0.2) is 4.39 Å². The van der Waals surface area contributed by atoms with Crippen LogP contribution in [0.4, 0.5) is 10.1 Å². The summed E-state index contributed by atoms with van der Waals surface area (Å²) in [5, 5.41) is 2.79. The Morgan fingerprint density at radius 2 is 1.84 bits per heavy atom. The molecule has 1 atom stereocenters. The van der Waals surface area contributed by atoms with E-state index in [0.29, 0.717) is 30.2 Å². The highest BCUT2D eigenvalue weighted by atomic mass is 19.1. The normalized spacial score (nSPS) is 14.7. The highest BCUT2D eigenvalue weighted by Crippen LogP contribution is 2.38. The summed E-state index contributed by atoms with van der Waals surface area (Å²) in [7, 11) is 0. The van der Waals surface area contributed by atoms with Crippen molar-refractivity contribution in [3.05, 3.63) is 119 Å². The van der Waals surface area contributed by atoms with E-state index < -0.39 is 6.04 Å². The number of hydrogen-bond donors (Lipinski definition) is 1. The molecule has 1 aliphatic heterocycles. The molecule has 1 aromatic heterocycles. The highest BCUT2D eigenvalue weighted by Gasteiger charge is 2.33. The summed E-state index contributed by atoms with van der Waals surface area (Å²) in [6.45, 7) is 4.43. The molecule has 2 heterocycles. The second-order valence-electron chi connectivity index (χ2n) is 9.63. The van der Waals surface area contributed by atoms with Crippen molar-refractivity contribution >= 4 is 17.5 Å². The van der Waals surface area contributed by atoms with E-state index in [1.165, 1.54) is 12.1 Å². The van der Waals surface area contributed by atoms with Crippen LogP contribution in [0.2, 0.25) is 0 Å². The van der Waals surface area contributed by atoms with Crippen molar-refractivity contribution in [2.24, 2.45) is 5.92 Å². The fourth-order valence-corrected chi connectivity index (χ4v) is 4.73. The predicted octanol–water partition coefficient (Wildman–Crippen LogP) is 6.38. The van der Waals surface area contributed by atoms with Crippen LogP contribution in [0.5, 0.6) is 5.75 Å². The molecule has 0 aliphatic carbocycles. The van der Waals surface area contributed by atoms with E-state index in [-0.39, 0.29) is 35.9 Å². The van der Waals surface area contributed by atoms with E-state index in [0.717, 1.165) is 16.7 Å². The third-order valence-electron chi connectivity index (χ3n) is 6.59. The Balaban J connectivity index is 1.35. The number of fused-ring (bicyclic) bond motifs is 1. The van der Waals surface area contributed by atoms with Crippen LogP contribution in [-0.2, 0) is 17.8 Å². The molecule has 38 heavy (non-hydrogen) atoms. The van der Waals surface area contributed by atoms with Gasteiger partial charge in [-0.2, -0.15) is 0 Å². The SMILES string of the molecule is CC(C)C(=O)N1CCc2ccc(OCc3ccc(C(=O)Nc4ccccc4)o3)cc2[C@@H]1c1cccc(F)c1. The van der Waals surface area contributed by atoms with Crippen LogP contribution in [0.3, 0.4) is 0 Å². The number of para-hydroxylation sites is 1. The number of nitrogens with one attached hydrogen (secondary N) is 1. The van der Waals surface area contributed by atoms with Crippen LogP contribution >= 0.6 is 0 Å². The molecule has 6 nitrogen and oxygen atoms in total. The van der Waals surface area contributed by atoms with Crippen molar-refractivity contribution in [2.45, 2.75) is 32.9 Å². The van der Waals surface area contributed by atoms with Crippen molar-refractivity contribution in [1.82, 2.24) is 4.90 Å². The predicted molar refractivity (Wildman–Crippen MR) is 142 cm³/mol. The summed E-state index contributed by atoms with van der Waals surface area (Å²) in [4.78, 5) is 27.4. The van der Waals surface area contributed by atoms with Gasteiger partial charge in [-0.05, 0) is 71.6 Å². The largest absolute Gasteiger partial charge is 0.486 e. The summed E-state index contributed by atoms with van der Waals surface area (Å²) in [5.41, 5.74) is 3.41. The molecule has 1 aliphatic rings. The summed E-state index contributed by atoms with van der Waals surface area (Å²) in [6, 6.07) is 24.2. The third kappa shape index (κ3) is 5.47. The molecule has 0 saturated heterocycles. The van der Waals surface area contributed by atoms with Gasteiger partial charge in [0.15, 0.2) is 5.76 Å². The van der Waals surface area contributed by atoms with Gasteiger partial charge in [-0.1, -0.05) is 50.2 Å². The average Bonchev–Trinajstić information content (AvgIpc) is 3.40. The molecule has 0 fully saturated rings. The maximum absolute atomic E-state index is 14.2. The van der Waals surface area contributed by atoms with Gasteiger partial charge < -0.3 is 19.4 Å². The maximum Gasteiger partial charge on any atom is 0.291 e. The Morgan fingerprint density at radius 1 is 1.03 bits per heavy atom. The minimum Gasteiger partial charge on any atom is -0.486 e. The van der Waals surface area contributed by atoms with E-state index in [2.05, 4.69) is 5.32 Å². The monoisotopic (exact) mass is 512 g/mol. The van der Waals surface area contributed by atoms with Crippen molar-refractivity contribution in [3.63, 3.8) is 0 Å². The number of carbonyl (C=O) groups is 2. The molecule has 5 rings (SSSR count). The lowest BCUT2D eigenvalue weighted by molar-refractivity contribution is -0.136. The van der Waals surface area contributed by atoms with Crippen LogP contribution in [-0.4, -0.2) is 23.3 Å². The fourth-order valence-electron chi connectivity index (χ4n) is 4.73. The van der Waals surface area contributed by atoms with Crippen LogP contribution in [0.25, 0.3) is 0 Å². The number of ether oxygens (including phenoxy) is 1. The van der Waals surface area contributed by atoms with Gasteiger partial charge in [0.05, 0.1) is 6.04 Å². The van der Waals surface area contributed by atoms with Crippen molar-refractivity contribution in [1.29, 1.82) is 0 Å². The number of carbonyl (C=O) groups excluding carboxylic acids is 2. The topological polar surface area (TPSA) is 71.8 Å². The van der Waals surface area contributed by atoms with Crippen LogP contribution in [0.1, 0.15) is 52.9 Å². The zero-order valence-electron chi connectivity index (χ0n) is 21.3. The first-order chi connectivity index (χ1) is 18.4. The average molecular weight is 513 g/mol. The van der Waals surface area contributed by atoms with E-state index in [4.69, 9.17) is 9.15 Å². The van der Waals surface area contributed by atoms with Gasteiger partial charge in [0, 0.05) is 18.2 Å². The maximum atomic E-state index is 14.2. The molecular formula is C31H29FN2O4. The molecule has 2 amide bonds. The number of furan rings is 1. The first kappa shape index (κ1) is 25.3. The standard InChI is InChI=1S/C31H29FN2O4/c1-20(2)31(36)34-16-15-21-11-12-25(18-27(21)29(34)22-7-6-8-23(32)17-22)37-19-26-13-14-28(38-26)30(35)33-24-9-4-3-5-10-24/h3-14,17-18,20,29H,15-16,19H2,1-2H3,(H,33,35)/t29-/m0/s1. The number of hydrogen-bond acceptors (Lipinski definition) is 4. The van der Waals surface area contributed by atoms with Crippen LogP contribution in [0, 0.1) is 11.7 Å². The number of anilines is 1. The Hall–Kier alpha value is -4.39. The van der Waals surface area contributed by atoms with Gasteiger partial charge in [-0.3, -0.25) is 9.59 Å². The second-order valence-corrected chi connectivity index (χ2v) is 9.63. The Bertz CT molecular complexity index is 1450. The molecule has 0 bridgehead atoms. The number of nitrogens with zero attached hydrogens (tertiary/aromatic N) is 1. The molecule has 0 saturated carbocycles.